The Morgan fingerprint density at radius 1 is 0.647 bits per heavy atom. The highest BCUT2D eigenvalue weighted by Gasteiger charge is 2.53. The first-order chi connectivity index (χ1) is 24.8. The zero-order valence-electron chi connectivity index (χ0n) is 30.3. The van der Waals surface area contributed by atoms with E-state index in [1.54, 1.807) is 14.2 Å². The average Bonchev–Trinajstić information content (AvgIpc) is 3.40. The minimum absolute atomic E-state index is 0.182. The van der Waals surface area contributed by atoms with Crippen molar-refractivity contribution in [3.8, 4) is 34.1 Å². The molecule has 5 aromatic carbocycles. The van der Waals surface area contributed by atoms with Gasteiger partial charge in [0.2, 0.25) is 0 Å². The molecule has 4 nitrogen and oxygen atoms in total. The van der Waals surface area contributed by atoms with Crippen molar-refractivity contribution in [2.45, 2.75) is 68.8 Å². The second-order valence-electron chi connectivity index (χ2n) is 16.6. The molecule has 258 valence electrons. The van der Waals surface area contributed by atoms with Crippen molar-refractivity contribution in [2.75, 3.05) is 21.3 Å². The van der Waals surface area contributed by atoms with Gasteiger partial charge >= 0.3 is 0 Å². The summed E-state index contributed by atoms with van der Waals surface area (Å²) in [5, 5.41) is 2.39. The molecule has 6 aliphatic rings. The van der Waals surface area contributed by atoms with Crippen LogP contribution in [0, 0.1) is 17.8 Å². The summed E-state index contributed by atoms with van der Waals surface area (Å²) < 4.78 is 25.2. The highest BCUT2D eigenvalue weighted by atomic mass is 16.5. The van der Waals surface area contributed by atoms with E-state index in [0.717, 1.165) is 62.8 Å². The SMILES string of the molecule is COc1ccc(C2(c3ccc(OC)cc3)C=Cc3c4c(c5cc(C67CC8C[C@H](C6)C[C@H](C8)C7)c(OC)cc5c3O2)-c2ccccc2C4(C)C)cc1. The van der Waals surface area contributed by atoms with E-state index in [1.165, 1.54) is 71.7 Å². The molecule has 4 saturated carbocycles. The Morgan fingerprint density at radius 3 is 1.80 bits per heavy atom. The van der Waals surface area contributed by atoms with E-state index in [2.05, 4.69) is 86.7 Å². The minimum atomic E-state index is -0.881. The Morgan fingerprint density at radius 2 is 1.24 bits per heavy atom. The van der Waals surface area contributed by atoms with Crippen molar-refractivity contribution in [3.05, 3.63) is 124 Å². The predicted molar refractivity (Wildman–Crippen MR) is 204 cm³/mol. The normalized spacial score (nSPS) is 25.5. The lowest BCUT2D eigenvalue weighted by Crippen LogP contribution is -2.48. The van der Waals surface area contributed by atoms with Crippen molar-refractivity contribution >= 4 is 16.8 Å². The lowest BCUT2D eigenvalue weighted by molar-refractivity contribution is -0.00609. The molecule has 4 fully saturated rings. The summed E-state index contributed by atoms with van der Waals surface area (Å²) in [5.41, 5.74) is 9.14. The van der Waals surface area contributed by atoms with Crippen molar-refractivity contribution < 1.29 is 18.9 Å². The fourth-order valence-corrected chi connectivity index (χ4v) is 11.7. The van der Waals surface area contributed by atoms with E-state index < -0.39 is 5.60 Å². The van der Waals surface area contributed by atoms with Gasteiger partial charge in [-0.05, 0) is 132 Å². The number of benzene rings is 5. The topological polar surface area (TPSA) is 36.9 Å². The highest BCUT2D eigenvalue weighted by molar-refractivity contribution is 6.09. The van der Waals surface area contributed by atoms with Crippen LogP contribution in [-0.2, 0) is 16.4 Å². The number of hydrogen-bond donors (Lipinski definition) is 0. The van der Waals surface area contributed by atoms with Gasteiger partial charge in [-0.15, -0.1) is 0 Å². The van der Waals surface area contributed by atoms with Gasteiger partial charge in [-0.3, -0.25) is 0 Å². The number of methoxy groups -OCH3 is 3. The van der Waals surface area contributed by atoms with Crippen molar-refractivity contribution in [1.29, 1.82) is 0 Å². The molecule has 1 heterocycles. The summed E-state index contributed by atoms with van der Waals surface area (Å²) in [5.74, 6) is 6.07. The summed E-state index contributed by atoms with van der Waals surface area (Å²) in [4.78, 5) is 0. The molecule has 0 saturated heterocycles. The number of fused-ring (bicyclic) bond motifs is 8. The monoisotopic (exact) mass is 674 g/mol. The Labute approximate surface area is 301 Å². The van der Waals surface area contributed by atoms with Crippen LogP contribution in [0.2, 0.25) is 0 Å². The smallest absolute Gasteiger partial charge is 0.178 e. The van der Waals surface area contributed by atoms with E-state index in [-0.39, 0.29) is 10.8 Å². The molecule has 0 unspecified atom stereocenters. The van der Waals surface area contributed by atoms with Crippen LogP contribution in [-0.4, -0.2) is 21.3 Å². The van der Waals surface area contributed by atoms with E-state index in [4.69, 9.17) is 18.9 Å². The van der Waals surface area contributed by atoms with E-state index in [0.29, 0.717) is 0 Å². The fourth-order valence-electron chi connectivity index (χ4n) is 11.7. The summed E-state index contributed by atoms with van der Waals surface area (Å²) in [6, 6.07) is 30.5. The molecule has 51 heavy (non-hydrogen) atoms. The molecule has 4 bridgehead atoms. The van der Waals surface area contributed by atoms with E-state index >= 15 is 0 Å². The van der Waals surface area contributed by atoms with Crippen LogP contribution in [0.4, 0.5) is 0 Å². The van der Waals surface area contributed by atoms with Crippen LogP contribution in [0.25, 0.3) is 28.0 Å². The second kappa shape index (κ2) is 10.9. The van der Waals surface area contributed by atoms with Crippen molar-refractivity contribution in [3.63, 3.8) is 0 Å². The van der Waals surface area contributed by atoms with Gasteiger partial charge in [0.15, 0.2) is 5.60 Å². The molecule has 0 aromatic heterocycles. The molecule has 0 atom stereocenters. The Balaban J connectivity index is 1.26. The summed E-state index contributed by atoms with van der Waals surface area (Å²) >= 11 is 0. The molecule has 5 aliphatic carbocycles. The molecular weight excluding hydrogens is 629 g/mol. The molecular formula is C47H46O4. The Kier molecular flexibility index (Phi) is 6.64. The van der Waals surface area contributed by atoms with Crippen LogP contribution in [0.15, 0.2) is 91.0 Å². The summed E-state index contributed by atoms with van der Waals surface area (Å²) in [7, 11) is 5.28. The average molecular weight is 675 g/mol. The van der Waals surface area contributed by atoms with Gasteiger partial charge in [0.25, 0.3) is 0 Å². The highest BCUT2D eigenvalue weighted by Crippen LogP contribution is 2.64. The van der Waals surface area contributed by atoms with Gasteiger partial charge in [0.1, 0.15) is 23.0 Å². The van der Waals surface area contributed by atoms with Crippen LogP contribution in [0.3, 0.4) is 0 Å². The second-order valence-corrected chi connectivity index (χ2v) is 16.6. The number of hydrogen-bond acceptors (Lipinski definition) is 4. The molecule has 5 aromatic rings. The van der Waals surface area contributed by atoms with Crippen LogP contribution >= 0.6 is 0 Å². The summed E-state index contributed by atoms with van der Waals surface area (Å²) in [6.07, 6.45) is 12.7. The third-order valence-corrected chi connectivity index (χ3v) is 13.5. The Hall–Kier alpha value is -4.70. The van der Waals surface area contributed by atoms with Crippen LogP contribution in [0.5, 0.6) is 23.0 Å². The number of ether oxygens (including phenoxy) is 4. The maximum absolute atomic E-state index is 7.63. The molecule has 0 amide bonds. The van der Waals surface area contributed by atoms with Gasteiger partial charge in [-0.2, -0.15) is 0 Å². The largest absolute Gasteiger partial charge is 0.497 e. The maximum Gasteiger partial charge on any atom is 0.178 e. The first-order valence-electron chi connectivity index (χ1n) is 18.8. The standard InChI is InChI=1S/C47H46O4/c1-45(2)39-9-7-6-8-35(39)42-37-23-40(46-25-28-20-29(26-46)22-30(21-28)27-46)41(50-5)24-38(37)44-36(43(42)45)18-19-47(51-44,31-10-14-33(48-3)15-11-31)32-12-16-34(49-4)17-13-32/h6-19,23-24,28-30H,20-22,25-27H2,1-5H3/t28-,29-,30?,46?/m1/s1. The van der Waals surface area contributed by atoms with Gasteiger partial charge in [0.05, 0.1) is 21.3 Å². The fraction of sp³-hybridized carbons (Fsp3) is 0.362. The van der Waals surface area contributed by atoms with Crippen molar-refractivity contribution in [1.82, 2.24) is 0 Å². The van der Waals surface area contributed by atoms with Crippen LogP contribution < -0.4 is 18.9 Å². The first kappa shape index (κ1) is 31.1. The lowest BCUT2D eigenvalue weighted by atomic mass is 9.48. The van der Waals surface area contributed by atoms with E-state index in [1.807, 2.05) is 31.4 Å². The quantitative estimate of drug-likeness (QED) is 0.180. The zero-order chi connectivity index (χ0) is 34.7. The van der Waals surface area contributed by atoms with Crippen molar-refractivity contribution in [2.24, 2.45) is 17.8 Å². The minimum Gasteiger partial charge on any atom is -0.497 e. The van der Waals surface area contributed by atoms with Gasteiger partial charge in [0, 0.05) is 33.1 Å². The molecule has 1 aliphatic heterocycles. The van der Waals surface area contributed by atoms with E-state index in [9.17, 15) is 0 Å². The summed E-state index contributed by atoms with van der Waals surface area (Å²) in [6.45, 7) is 4.77. The predicted octanol–water partition coefficient (Wildman–Crippen LogP) is 11.0. The molecule has 0 N–H and O–H groups in total. The van der Waals surface area contributed by atoms with Gasteiger partial charge < -0.3 is 18.9 Å². The van der Waals surface area contributed by atoms with Crippen LogP contribution in [0.1, 0.15) is 85.8 Å². The maximum atomic E-state index is 7.63. The molecule has 0 spiro atoms. The zero-order valence-corrected chi connectivity index (χ0v) is 30.3. The van der Waals surface area contributed by atoms with Gasteiger partial charge in [-0.1, -0.05) is 68.5 Å². The van der Waals surface area contributed by atoms with Gasteiger partial charge in [-0.25, -0.2) is 0 Å². The lowest BCUT2D eigenvalue weighted by Gasteiger charge is -2.57. The molecule has 11 rings (SSSR count). The third kappa shape index (κ3) is 4.31. The first-order valence-corrected chi connectivity index (χ1v) is 18.8. The molecule has 0 radical (unpaired) electrons. The number of rotatable bonds is 6. The third-order valence-electron chi connectivity index (χ3n) is 13.5. The molecule has 4 heteroatoms. The Bertz CT molecular complexity index is 2160.